The number of ether oxygens (including phenoxy) is 2. The molecule has 0 amide bonds. The Morgan fingerprint density at radius 1 is 1.30 bits per heavy atom. The van der Waals surface area contributed by atoms with Crippen molar-refractivity contribution < 1.29 is 28.6 Å². The van der Waals surface area contributed by atoms with Crippen LogP contribution in [0.25, 0.3) is 10.9 Å². The van der Waals surface area contributed by atoms with Gasteiger partial charge in [0.05, 0.1) is 30.5 Å². The van der Waals surface area contributed by atoms with Crippen molar-refractivity contribution in [2.24, 2.45) is 0 Å². The second-order valence-corrected chi connectivity index (χ2v) is 6.88. The fraction of sp³-hybridized carbons (Fsp3) is 0.263. The average molecular weight is 391 g/mol. The van der Waals surface area contributed by atoms with Crippen LogP contribution < -0.4 is 9.47 Å². The average Bonchev–Trinajstić information content (AvgIpc) is 3.18. The van der Waals surface area contributed by atoms with E-state index < -0.39 is 11.8 Å². The molecule has 0 spiro atoms. The smallest absolute Gasteiger partial charge is 0.307 e. The highest BCUT2D eigenvalue weighted by Crippen LogP contribution is 2.34. The maximum Gasteiger partial charge on any atom is 0.307 e. The van der Waals surface area contributed by atoms with Crippen molar-refractivity contribution in [2.45, 2.75) is 20.3 Å². The number of fused-ring (bicyclic) bond motifs is 1. The number of rotatable bonds is 6. The lowest BCUT2D eigenvalue weighted by atomic mass is 10.1. The predicted octanol–water partition coefficient (Wildman–Crippen LogP) is 3.87. The third-order valence-corrected chi connectivity index (χ3v) is 5.20. The Hall–Kier alpha value is -2.87. The van der Waals surface area contributed by atoms with Crippen molar-refractivity contribution in [1.82, 2.24) is 4.57 Å². The zero-order valence-electron chi connectivity index (χ0n) is 15.0. The second kappa shape index (κ2) is 7.40. The predicted molar refractivity (Wildman–Crippen MR) is 99.7 cm³/mol. The number of methoxy groups -OCH3 is 1. The first-order chi connectivity index (χ1) is 12.9. The normalized spacial score (nSPS) is 11.0. The summed E-state index contributed by atoms with van der Waals surface area (Å²) in [5.41, 5.74) is 1.21. The second-order valence-electron chi connectivity index (χ2n) is 5.83. The number of hydrogen-bond acceptors (Lipinski definition) is 5. The first-order valence-corrected chi connectivity index (χ1v) is 9.05. The molecule has 0 fully saturated rings. The molecule has 0 aliphatic carbocycles. The minimum Gasteiger partial charge on any atom is -0.494 e. The molecule has 2 aromatic heterocycles. The molecular formula is C19H18FNO5S. The van der Waals surface area contributed by atoms with E-state index in [0.29, 0.717) is 38.7 Å². The lowest BCUT2D eigenvalue weighted by Gasteiger charge is -2.07. The zero-order valence-corrected chi connectivity index (χ0v) is 15.9. The number of carboxylic acids is 1. The zero-order chi connectivity index (χ0) is 19.7. The Balaban J connectivity index is 2.21. The van der Waals surface area contributed by atoms with Gasteiger partial charge in [-0.15, -0.1) is 0 Å². The summed E-state index contributed by atoms with van der Waals surface area (Å²) in [5.74, 6) is -2.04. The van der Waals surface area contributed by atoms with Crippen LogP contribution in [0.1, 0.15) is 27.9 Å². The molecule has 1 aromatic carbocycles. The van der Waals surface area contributed by atoms with Crippen LogP contribution in [0.3, 0.4) is 0 Å². The minimum absolute atomic E-state index is 0.00602. The highest BCUT2D eigenvalue weighted by molar-refractivity contribution is 7.15. The topological polar surface area (TPSA) is 77.8 Å². The van der Waals surface area contributed by atoms with Crippen LogP contribution in [-0.4, -0.2) is 35.3 Å². The number of aromatic nitrogens is 1. The third kappa shape index (κ3) is 3.40. The number of thiophene rings is 1. The van der Waals surface area contributed by atoms with E-state index in [2.05, 4.69) is 0 Å². The van der Waals surface area contributed by atoms with Gasteiger partial charge in [0.2, 0.25) is 0 Å². The van der Waals surface area contributed by atoms with Crippen LogP contribution in [0.15, 0.2) is 24.3 Å². The molecule has 8 heteroatoms. The van der Waals surface area contributed by atoms with Gasteiger partial charge in [-0.2, -0.15) is 0 Å². The molecular weight excluding hydrogens is 373 g/mol. The Morgan fingerprint density at radius 2 is 2.04 bits per heavy atom. The highest BCUT2D eigenvalue weighted by atomic mass is 32.1. The Kier molecular flexibility index (Phi) is 5.18. The SMILES string of the molecule is CCOc1ccc(C(=O)n2c(C)c(CC(=O)O)c3cc(OC)c(F)cc32)s1. The summed E-state index contributed by atoms with van der Waals surface area (Å²) < 4.78 is 26.0. The summed E-state index contributed by atoms with van der Waals surface area (Å²) >= 11 is 1.19. The van der Waals surface area contributed by atoms with E-state index in [0.717, 1.165) is 0 Å². The number of carboxylic acid groups (broad SMARTS) is 1. The van der Waals surface area contributed by atoms with Crippen molar-refractivity contribution in [3.8, 4) is 10.8 Å². The summed E-state index contributed by atoms with van der Waals surface area (Å²) in [6, 6.07) is 5.96. The molecule has 0 aliphatic rings. The Labute approximate surface area is 158 Å². The van der Waals surface area contributed by atoms with Crippen LogP contribution in [-0.2, 0) is 11.2 Å². The molecule has 3 rings (SSSR count). The van der Waals surface area contributed by atoms with Gasteiger partial charge in [0.25, 0.3) is 5.91 Å². The molecule has 1 N–H and O–H groups in total. The summed E-state index contributed by atoms with van der Waals surface area (Å²) in [5, 5.41) is 10.3. The maximum atomic E-state index is 14.3. The number of hydrogen-bond donors (Lipinski definition) is 1. The van der Waals surface area contributed by atoms with E-state index in [1.165, 1.54) is 35.1 Å². The van der Waals surface area contributed by atoms with Crippen LogP contribution in [0.4, 0.5) is 4.39 Å². The number of halogens is 1. The standard InChI is InChI=1S/C19H18FNO5S/c1-4-26-18-6-5-16(27-18)19(24)21-10(2)11(8-17(22)23)12-7-15(25-3)13(20)9-14(12)21/h5-7,9H,4,8H2,1-3H3,(H,22,23). The molecule has 0 saturated heterocycles. The number of nitrogens with zero attached hydrogens (tertiary/aromatic N) is 1. The van der Waals surface area contributed by atoms with Crippen molar-refractivity contribution in [3.63, 3.8) is 0 Å². The fourth-order valence-electron chi connectivity index (χ4n) is 3.04. The van der Waals surface area contributed by atoms with E-state index in [1.54, 1.807) is 19.1 Å². The largest absolute Gasteiger partial charge is 0.494 e. The lowest BCUT2D eigenvalue weighted by molar-refractivity contribution is -0.136. The van der Waals surface area contributed by atoms with Crippen LogP contribution in [0.2, 0.25) is 0 Å². The van der Waals surface area contributed by atoms with Crippen molar-refractivity contribution in [1.29, 1.82) is 0 Å². The first-order valence-electron chi connectivity index (χ1n) is 8.23. The molecule has 0 atom stereocenters. The van der Waals surface area contributed by atoms with E-state index >= 15 is 0 Å². The number of carbonyl (C=O) groups is 2. The van der Waals surface area contributed by atoms with Crippen LogP contribution in [0.5, 0.6) is 10.8 Å². The van der Waals surface area contributed by atoms with Gasteiger partial charge < -0.3 is 14.6 Å². The van der Waals surface area contributed by atoms with Gasteiger partial charge in [-0.05, 0) is 37.6 Å². The summed E-state index contributed by atoms with van der Waals surface area (Å²) in [6.07, 6.45) is -0.286. The van der Waals surface area contributed by atoms with E-state index in [-0.39, 0.29) is 18.1 Å². The van der Waals surface area contributed by atoms with Gasteiger partial charge >= 0.3 is 5.97 Å². The van der Waals surface area contributed by atoms with Gasteiger partial charge in [-0.25, -0.2) is 4.39 Å². The van der Waals surface area contributed by atoms with Gasteiger partial charge in [-0.1, -0.05) is 11.3 Å². The minimum atomic E-state index is -1.04. The summed E-state index contributed by atoms with van der Waals surface area (Å²) in [6.45, 7) is 3.98. The van der Waals surface area contributed by atoms with E-state index in [1.807, 2.05) is 6.92 Å². The fourth-order valence-corrected chi connectivity index (χ4v) is 3.88. The lowest BCUT2D eigenvalue weighted by Crippen LogP contribution is -2.13. The first kappa shape index (κ1) is 18.9. The summed E-state index contributed by atoms with van der Waals surface area (Å²) in [4.78, 5) is 24.8. The molecule has 0 saturated carbocycles. The quantitative estimate of drug-likeness (QED) is 0.690. The molecule has 0 unspecified atom stereocenters. The van der Waals surface area contributed by atoms with Gasteiger partial charge in [0.15, 0.2) is 16.6 Å². The Bertz CT molecular complexity index is 1040. The van der Waals surface area contributed by atoms with Gasteiger partial charge in [-0.3, -0.25) is 14.2 Å². The maximum absolute atomic E-state index is 14.3. The van der Waals surface area contributed by atoms with Crippen molar-refractivity contribution in [3.05, 3.63) is 46.2 Å². The van der Waals surface area contributed by atoms with Crippen molar-refractivity contribution >= 4 is 34.1 Å². The molecule has 0 radical (unpaired) electrons. The van der Waals surface area contributed by atoms with Gasteiger partial charge in [0, 0.05) is 17.1 Å². The molecule has 0 bridgehead atoms. The van der Waals surface area contributed by atoms with Crippen molar-refractivity contribution in [2.75, 3.05) is 13.7 Å². The van der Waals surface area contributed by atoms with Crippen LogP contribution >= 0.6 is 11.3 Å². The van der Waals surface area contributed by atoms with E-state index in [4.69, 9.17) is 9.47 Å². The third-order valence-electron chi connectivity index (χ3n) is 4.22. The molecule has 142 valence electrons. The number of aliphatic carboxylic acids is 1. The van der Waals surface area contributed by atoms with Gasteiger partial charge in [0.1, 0.15) is 0 Å². The Morgan fingerprint density at radius 3 is 2.67 bits per heavy atom. The molecule has 3 aromatic rings. The number of carbonyl (C=O) groups excluding carboxylic acids is 1. The molecule has 6 nitrogen and oxygen atoms in total. The monoisotopic (exact) mass is 391 g/mol. The molecule has 0 aliphatic heterocycles. The number of benzene rings is 1. The van der Waals surface area contributed by atoms with Crippen LogP contribution in [0, 0.1) is 12.7 Å². The highest BCUT2D eigenvalue weighted by Gasteiger charge is 2.24. The molecule has 27 heavy (non-hydrogen) atoms. The van der Waals surface area contributed by atoms with E-state index in [9.17, 15) is 19.1 Å². The summed E-state index contributed by atoms with van der Waals surface area (Å²) in [7, 11) is 1.33. The molecule has 2 heterocycles.